The van der Waals surface area contributed by atoms with Gasteiger partial charge in [0.15, 0.2) is 0 Å². The van der Waals surface area contributed by atoms with Crippen molar-refractivity contribution in [3.63, 3.8) is 0 Å². The van der Waals surface area contributed by atoms with Gasteiger partial charge in [-0.25, -0.2) is 4.79 Å². The minimum absolute atomic E-state index is 0.110. The van der Waals surface area contributed by atoms with E-state index in [2.05, 4.69) is 20.8 Å². The molecule has 0 heterocycles. The van der Waals surface area contributed by atoms with Crippen LogP contribution in [0.4, 0.5) is 0 Å². The number of hydrogen-bond donors (Lipinski definition) is 3. The van der Waals surface area contributed by atoms with Crippen molar-refractivity contribution >= 4 is 5.97 Å². The molecule has 0 unspecified atom stereocenters. The Hall–Kier alpha value is -0.870. The molecule has 4 fully saturated rings. The smallest absolute Gasteiger partial charge is 0.327 e. The lowest BCUT2D eigenvalue weighted by atomic mass is 9.43. The lowest BCUT2D eigenvalue weighted by Gasteiger charge is -2.62. The highest BCUT2D eigenvalue weighted by atomic mass is 16.4. The first-order valence-corrected chi connectivity index (χ1v) is 11.4. The van der Waals surface area contributed by atoms with Gasteiger partial charge in [0.1, 0.15) is 0 Å². The van der Waals surface area contributed by atoms with Crippen molar-refractivity contribution in [2.75, 3.05) is 0 Å². The zero-order valence-electron chi connectivity index (χ0n) is 17.7. The van der Waals surface area contributed by atoms with Crippen LogP contribution >= 0.6 is 0 Å². The quantitative estimate of drug-likeness (QED) is 0.630. The Bertz CT molecular complexity index is 645. The summed E-state index contributed by atoms with van der Waals surface area (Å²) in [5.74, 6) is 2.01. The van der Waals surface area contributed by atoms with Crippen molar-refractivity contribution in [2.24, 2.45) is 46.3 Å². The Morgan fingerprint density at radius 1 is 1.04 bits per heavy atom. The largest absolute Gasteiger partial charge is 0.478 e. The topological polar surface area (TPSA) is 77.8 Å². The number of fused-ring (bicyclic) bond motifs is 5. The van der Waals surface area contributed by atoms with E-state index in [0.29, 0.717) is 29.6 Å². The summed E-state index contributed by atoms with van der Waals surface area (Å²) < 4.78 is 0. The number of allylic oxidation sites excluding steroid dienone is 1. The van der Waals surface area contributed by atoms with E-state index in [1.165, 1.54) is 18.9 Å². The van der Waals surface area contributed by atoms with Crippen molar-refractivity contribution in [1.29, 1.82) is 0 Å². The molecule has 0 bridgehead atoms. The zero-order valence-corrected chi connectivity index (χ0v) is 17.7. The van der Waals surface area contributed by atoms with Crippen LogP contribution in [0.3, 0.4) is 0 Å². The number of aliphatic hydroxyl groups excluding tert-OH is 2. The standard InChI is InChI=1S/C24H38O4/c1-14(4-9-22(27)28)18-7-8-19-17-6-5-15-12-16(25)10-11-23(15,2)20(17)13-21(26)24(18,19)3/h4,9,14-21,25-26H,5-8,10-13H2,1-3H3,(H,27,28)/t14-,15-,16-,17+,18-,19+,20+,21+,23+,24-/m1/s1. The van der Waals surface area contributed by atoms with Gasteiger partial charge in [0, 0.05) is 6.08 Å². The molecule has 0 aromatic rings. The van der Waals surface area contributed by atoms with Gasteiger partial charge in [-0.2, -0.15) is 0 Å². The van der Waals surface area contributed by atoms with Gasteiger partial charge in [-0.15, -0.1) is 0 Å². The van der Waals surface area contributed by atoms with Crippen LogP contribution in [0.25, 0.3) is 0 Å². The molecule has 4 nitrogen and oxygen atoms in total. The van der Waals surface area contributed by atoms with E-state index in [9.17, 15) is 15.0 Å². The van der Waals surface area contributed by atoms with Gasteiger partial charge in [-0.1, -0.05) is 26.8 Å². The van der Waals surface area contributed by atoms with Gasteiger partial charge >= 0.3 is 5.97 Å². The molecule has 0 spiro atoms. The van der Waals surface area contributed by atoms with Gasteiger partial charge in [0.25, 0.3) is 0 Å². The molecule has 4 aliphatic rings. The molecule has 28 heavy (non-hydrogen) atoms. The lowest BCUT2D eigenvalue weighted by Crippen LogP contribution is -2.58. The monoisotopic (exact) mass is 390 g/mol. The summed E-state index contributed by atoms with van der Waals surface area (Å²) in [5, 5.41) is 30.6. The van der Waals surface area contributed by atoms with E-state index in [0.717, 1.165) is 38.5 Å². The second kappa shape index (κ2) is 7.12. The van der Waals surface area contributed by atoms with Gasteiger partial charge < -0.3 is 15.3 Å². The number of carboxylic acids is 1. The highest BCUT2D eigenvalue weighted by Crippen LogP contribution is 2.68. The average molecular weight is 391 g/mol. The molecular formula is C24H38O4. The van der Waals surface area contributed by atoms with Crippen molar-refractivity contribution in [3.8, 4) is 0 Å². The van der Waals surface area contributed by atoms with Crippen LogP contribution in [0.1, 0.15) is 72.1 Å². The van der Waals surface area contributed by atoms with Crippen LogP contribution in [-0.4, -0.2) is 33.5 Å². The number of carbonyl (C=O) groups is 1. The Balaban J connectivity index is 1.60. The predicted octanol–water partition coefficient (Wildman–Crippen LogP) is 4.25. The molecule has 4 heteroatoms. The molecule has 0 aliphatic heterocycles. The fourth-order valence-electron chi connectivity index (χ4n) is 8.46. The molecule has 0 aromatic heterocycles. The number of hydrogen-bond acceptors (Lipinski definition) is 3. The average Bonchev–Trinajstić information content (AvgIpc) is 3.00. The summed E-state index contributed by atoms with van der Waals surface area (Å²) >= 11 is 0. The van der Waals surface area contributed by atoms with Gasteiger partial charge in [0.05, 0.1) is 12.2 Å². The fraction of sp³-hybridized carbons (Fsp3) is 0.875. The molecular weight excluding hydrogens is 352 g/mol. The van der Waals surface area contributed by atoms with E-state index in [1.54, 1.807) is 0 Å². The third-order valence-corrected chi connectivity index (χ3v) is 9.99. The minimum Gasteiger partial charge on any atom is -0.478 e. The first-order chi connectivity index (χ1) is 13.2. The van der Waals surface area contributed by atoms with Crippen LogP contribution < -0.4 is 0 Å². The Morgan fingerprint density at radius 3 is 2.50 bits per heavy atom. The molecule has 158 valence electrons. The van der Waals surface area contributed by atoms with E-state index in [4.69, 9.17) is 5.11 Å². The summed E-state index contributed by atoms with van der Waals surface area (Å²) in [6, 6.07) is 0. The van der Waals surface area contributed by atoms with Crippen LogP contribution in [-0.2, 0) is 4.79 Å². The molecule has 0 radical (unpaired) electrons. The van der Waals surface area contributed by atoms with Crippen LogP contribution in [0.15, 0.2) is 12.2 Å². The second-order valence-corrected chi connectivity index (χ2v) is 10.9. The molecule has 4 rings (SSSR count). The van der Waals surface area contributed by atoms with E-state index in [1.807, 2.05) is 6.08 Å². The van der Waals surface area contributed by atoms with Crippen LogP contribution in [0.5, 0.6) is 0 Å². The third kappa shape index (κ3) is 2.98. The second-order valence-electron chi connectivity index (χ2n) is 10.9. The fourth-order valence-corrected chi connectivity index (χ4v) is 8.46. The molecule has 10 atom stereocenters. The maximum atomic E-state index is 11.4. The molecule has 0 aromatic carbocycles. The van der Waals surface area contributed by atoms with Crippen LogP contribution in [0.2, 0.25) is 0 Å². The predicted molar refractivity (Wildman–Crippen MR) is 109 cm³/mol. The maximum Gasteiger partial charge on any atom is 0.327 e. The number of carboxylic acid groups (broad SMARTS) is 1. The SMILES string of the molecule is C[C@H](C=CC(=O)O)[C@H]1CC[C@H]2[C@@H]3CC[C@@H]4C[C@H](O)CC[C@]4(C)[C@H]3C[C@H](O)[C@]12C. The highest BCUT2D eigenvalue weighted by molar-refractivity contribution is 5.79. The zero-order chi connectivity index (χ0) is 20.3. The Kier molecular flexibility index (Phi) is 5.19. The first kappa shape index (κ1) is 20.4. The summed E-state index contributed by atoms with van der Waals surface area (Å²) in [4.78, 5) is 11.0. The summed E-state index contributed by atoms with van der Waals surface area (Å²) in [7, 11) is 0. The molecule has 0 saturated heterocycles. The van der Waals surface area contributed by atoms with E-state index >= 15 is 0 Å². The molecule has 0 amide bonds. The third-order valence-electron chi connectivity index (χ3n) is 9.99. The van der Waals surface area contributed by atoms with Crippen molar-refractivity contribution in [2.45, 2.75) is 84.3 Å². The summed E-state index contributed by atoms with van der Waals surface area (Å²) in [6.07, 6.45) is 11.2. The minimum atomic E-state index is -0.887. The van der Waals surface area contributed by atoms with Crippen molar-refractivity contribution in [3.05, 3.63) is 12.2 Å². The van der Waals surface area contributed by atoms with E-state index < -0.39 is 5.97 Å². The number of aliphatic hydroxyl groups is 2. The normalized spacial score (nSPS) is 52.0. The number of rotatable bonds is 3. The molecule has 4 aliphatic carbocycles. The van der Waals surface area contributed by atoms with E-state index in [-0.39, 0.29) is 29.0 Å². The van der Waals surface area contributed by atoms with Crippen LogP contribution in [0, 0.1) is 46.3 Å². The summed E-state index contributed by atoms with van der Waals surface area (Å²) in [6.45, 7) is 6.86. The van der Waals surface area contributed by atoms with Gasteiger partial charge in [0.2, 0.25) is 0 Å². The van der Waals surface area contributed by atoms with Crippen molar-refractivity contribution in [1.82, 2.24) is 0 Å². The van der Waals surface area contributed by atoms with Crippen molar-refractivity contribution < 1.29 is 20.1 Å². The van der Waals surface area contributed by atoms with Gasteiger partial charge in [-0.05, 0) is 97.7 Å². The lowest BCUT2D eigenvalue weighted by molar-refractivity contribution is -0.173. The molecule has 4 saturated carbocycles. The number of aliphatic carboxylic acids is 1. The maximum absolute atomic E-state index is 11.4. The first-order valence-electron chi connectivity index (χ1n) is 11.4. The summed E-state index contributed by atoms with van der Waals surface area (Å²) in [5.41, 5.74) is 0.151. The Labute approximate surface area is 169 Å². The Morgan fingerprint density at radius 2 is 1.79 bits per heavy atom. The molecule has 3 N–H and O–H groups in total. The van der Waals surface area contributed by atoms with Gasteiger partial charge in [-0.3, -0.25) is 0 Å². The highest BCUT2D eigenvalue weighted by Gasteiger charge is 2.63.